The van der Waals surface area contributed by atoms with Gasteiger partial charge >= 0.3 is 0 Å². The number of carbonyl (C=O) groups is 1. The lowest BCUT2D eigenvalue weighted by molar-refractivity contribution is -0.119. The lowest BCUT2D eigenvalue weighted by atomic mass is 10.3. The number of halogens is 2. The summed E-state index contributed by atoms with van der Waals surface area (Å²) < 4.78 is 5.11. The van der Waals surface area contributed by atoms with Crippen LogP contribution in [0.4, 0.5) is 5.69 Å². The van der Waals surface area contributed by atoms with E-state index in [-0.39, 0.29) is 12.5 Å². The molecule has 4 nitrogen and oxygen atoms in total. The van der Waals surface area contributed by atoms with E-state index in [4.69, 9.17) is 27.6 Å². The number of benzene rings is 1. The van der Waals surface area contributed by atoms with Gasteiger partial charge in [0.2, 0.25) is 5.91 Å². The molecule has 0 saturated heterocycles. The Morgan fingerprint density at radius 1 is 1.16 bits per heavy atom. The number of carbonyl (C=O) groups excluding carboxylic acids is 1. The first-order valence-corrected chi connectivity index (χ1v) is 6.39. The lowest BCUT2D eigenvalue weighted by Crippen LogP contribution is -2.29. The molecule has 2 aromatic rings. The topological polar surface area (TPSA) is 54.3 Å². The van der Waals surface area contributed by atoms with Crippen LogP contribution in [0.5, 0.6) is 0 Å². The first kappa shape index (κ1) is 13.8. The number of amides is 1. The first-order valence-electron chi connectivity index (χ1n) is 5.64. The standard InChI is InChI=1S/C13H12Cl2N2O2/c14-10-4-1-5-11(15)13(10)17-8-12(18)16-7-9-3-2-6-19-9/h1-6,17H,7-8H2,(H,16,18). The fourth-order valence-electron chi connectivity index (χ4n) is 1.50. The summed E-state index contributed by atoms with van der Waals surface area (Å²) in [6, 6.07) is 8.71. The van der Waals surface area contributed by atoms with Gasteiger partial charge in [0.15, 0.2) is 0 Å². The monoisotopic (exact) mass is 298 g/mol. The predicted octanol–water partition coefficient (Wildman–Crippen LogP) is 3.31. The zero-order valence-corrected chi connectivity index (χ0v) is 11.5. The van der Waals surface area contributed by atoms with E-state index in [1.54, 1.807) is 36.6 Å². The van der Waals surface area contributed by atoms with Crippen LogP contribution >= 0.6 is 23.2 Å². The van der Waals surface area contributed by atoms with Gasteiger partial charge in [-0.25, -0.2) is 0 Å². The molecule has 0 aliphatic rings. The third-order valence-corrected chi connectivity index (χ3v) is 3.06. The Labute approximate surface area is 120 Å². The summed E-state index contributed by atoms with van der Waals surface area (Å²) in [5.41, 5.74) is 0.555. The molecule has 1 heterocycles. The van der Waals surface area contributed by atoms with Crippen LogP contribution in [0.25, 0.3) is 0 Å². The van der Waals surface area contributed by atoms with Crippen molar-refractivity contribution in [2.45, 2.75) is 6.54 Å². The maximum atomic E-state index is 11.6. The number of rotatable bonds is 5. The number of hydrogen-bond acceptors (Lipinski definition) is 3. The van der Waals surface area contributed by atoms with Crippen LogP contribution in [0.2, 0.25) is 10.0 Å². The van der Waals surface area contributed by atoms with Crippen LogP contribution in [-0.2, 0) is 11.3 Å². The molecule has 19 heavy (non-hydrogen) atoms. The molecule has 2 rings (SSSR count). The van der Waals surface area contributed by atoms with Gasteiger partial charge in [-0.1, -0.05) is 29.3 Å². The van der Waals surface area contributed by atoms with E-state index in [1.165, 1.54) is 0 Å². The quantitative estimate of drug-likeness (QED) is 0.890. The second-order valence-electron chi connectivity index (χ2n) is 3.81. The lowest BCUT2D eigenvalue weighted by Gasteiger charge is -2.10. The van der Waals surface area contributed by atoms with Crippen LogP contribution in [0.15, 0.2) is 41.0 Å². The summed E-state index contributed by atoms with van der Waals surface area (Å²) in [6.07, 6.45) is 1.56. The summed E-state index contributed by atoms with van der Waals surface area (Å²) in [5, 5.41) is 6.57. The summed E-state index contributed by atoms with van der Waals surface area (Å²) in [7, 11) is 0. The third-order valence-electron chi connectivity index (χ3n) is 2.43. The third kappa shape index (κ3) is 3.91. The highest BCUT2D eigenvalue weighted by atomic mass is 35.5. The number of anilines is 1. The maximum Gasteiger partial charge on any atom is 0.239 e. The Hall–Kier alpha value is -1.65. The minimum Gasteiger partial charge on any atom is -0.467 e. The summed E-state index contributed by atoms with van der Waals surface area (Å²) in [6.45, 7) is 0.438. The Bertz CT molecular complexity index is 536. The molecule has 6 heteroatoms. The zero-order valence-electron chi connectivity index (χ0n) is 9.95. The highest BCUT2D eigenvalue weighted by Crippen LogP contribution is 2.29. The van der Waals surface area contributed by atoms with Gasteiger partial charge in [-0.15, -0.1) is 0 Å². The molecule has 1 amide bonds. The van der Waals surface area contributed by atoms with Crippen LogP contribution in [0, 0.1) is 0 Å². The second kappa shape index (κ2) is 6.50. The molecule has 0 spiro atoms. The van der Waals surface area contributed by atoms with Gasteiger partial charge in [0.1, 0.15) is 5.76 Å². The van der Waals surface area contributed by atoms with Crippen molar-refractivity contribution in [3.8, 4) is 0 Å². The minimum atomic E-state index is -0.174. The van der Waals surface area contributed by atoms with E-state index in [0.29, 0.717) is 28.0 Å². The largest absolute Gasteiger partial charge is 0.467 e. The van der Waals surface area contributed by atoms with Crippen LogP contribution < -0.4 is 10.6 Å². The van der Waals surface area contributed by atoms with Gasteiger partial charge in [-0.2, -0.15) is 0 Å². The fourth-order valence-corrected chi connectivity index (χ4v) is 2.03. The Balaban J connectivity index is 1.83. The number of para-hydroxylation sites is 1. The van der Waals surface area contributed by atoms with E-state index in [1.807, 2.05) is 0 Å². The summed E-state index contributed by atoms with van der Waals surface area (Å²) in [5.74, 6) is 0.525. The molecule has 0 aliphatic carbocycles. The highest BCUT2D eigenvalue weighted by molar-refractivity contribution is 6.39. The van der Waals surface area contributed by atoms with Crippen molar-refractivity contribution < 1.29 is 9.21 Å². The summed E-state index contributed by atoms with van der Waals surface area (Å²) >= 11 is 12.0. The zero-order chi connectivity index (χ0) is 13.7. The molecule has 0 radical (unpaired) electrons. The molecule has 100 valence electrons. The molecule has 1 aromatic carbocycles. The predicted molar refractivity (Wildman–Crippen MR) is 75.5 cm³/mol. The Morgan fingerprint density at radius 3 is 2.53 bits per heavy atom. The fraction of sp³-hybridized carbons (Fsp3) is 0.154. The van der Waals surface area contributed by atoms with Crippen molar-refractivity contribution in [2.24, 2.45) is 0 Å². The van der Waals surface area contributed by atoms with Crippen molar-refractivity contribution in [2.75, 3.05) is 11.9 Å². The van der Waals surface area contributed by atoms with E-state index < -0.39 is 0 Å². The molecule has 0 saturated carbocycles. The molecule has 0 aliphatic heterocycles. The average molecular weight is 299 g/mol. The molecule has 0 bridgehead atoms. The highest BCUT2D eigenvalue weighted by Gasteiger charge is 2.07. The minimum absolute atomic E-state index is 0.0875. The molecule has 0 fully saturated rings. The Morgan fingerprint density at radius 2 is 1.89 bits per heavy atom. The number of nitrogens with one attached hydrogen (secondary N) is 2. The van der Waals surface area contributed by atoms with Gasteiger partial charge < -0.3 is 15.1 Å². The van der Waals surface area contributed by atoms with Crippen LogP contribution in [-0.4, -0.2) is 12.5 Å². The molecule has 1 aromatic heterocycles. The van der Waals surface area contributed by atoms with Crippen molar-refractivity contribution in [3.05, 3.63) is 52.4 Å². The van der Waals surface area contributed by atoms with E-state index in [0.717, 1.165) is 0 Å². The summed E-state index contributed by atoms with van der Waals surface area (Å²) in [4.78, 5) is 11.6. The number of furan rings is 1. The van der Waals surface area contributed by atoms with Gasteiger partial charge in [-0.05, 0) is 24.3 Å². The molecular weight excluding hydrogens is 287 g/mol. The van der Waals surface area contributed by atoms with Gasteiger partial charge in [-0.3, -0.25) is 4.79 Å². The molecule has 2 N–H and O–H groups in total. The molecular formula is C13H12Cl2N2O2. The normalized spacial score (nSPS) is 10.2. The maximum absolute atomic E-state index is 11.6. The SMILES string of the molecule is O=C(CNc1c(Cl)cccc1Cl)NCc1ccco1. The molecule has 0 unspecified atom stereocenters. The van der Waals surface area contributed by atoms with Gasteiger partial charge in [0.25, 0.3) is 0 Å². The van der Waals surface area contributed by atoms with Crippen molar-refractivity contribution >= 4 is 34.8 Å². The van der Waals surface area contributed by atoms with Gasteiger partial charge in [0.05, 0.1) is 35.1 Å². The smallest absolute Gasteiger partial charge is 0.239 e. The van der Waals surface area contributed by atoms with Crippen molar-refractivity contribution in [1.82, 2.24) is 5.32 Å². The van der Waals surface area contributed by atoms with Crippen LogP contribution in [0.3, 0.4) is 0 Å². The van der Waals surface area contributed by atoms with Crippen molar-refractivity contribution in [1.29, 1.82) is 0 Å². The average Bonchev–Trinajstić information content (AvgIpc) is 2.89. The second-order valence-corrected chi connectivity index (χ2v) is 4.62. The van der Waals surface area contributed by atoms with E-state index >= 15 is 0 Å². The van der Waals surface area contributed by atoms with E-state index in [9.17, 15) is 4.79 Å². The number of hydrogen-bond donors (Lipinski definition) is 2. The molecule has 0 atom stereocenters. The first-order chi connectivity index (χ1) is 9.16. The van der Waals surface area contributed by atoms with Crippen LogP contribution in [0.1, 0.15) is 5.76 Å². The van der Waals surface area contributed by atoms with Gasteiger partial charge in [0, 0.05) is 0 Å². The Kier molecular flexibility index (Phi) is 4.71. The van der Waals surface area contributed by atoms with Crippen molar-refractivity contribution in [3.63, 3.8) is 0 Å². The van der Waals surface area contributed by atoms with E-state index in [2.05, 4.69) is 10.6 Å².